The van der Waals surface area contributed by atoms with E-state index in [0.717, 1.165) is 35.6 Å². The molecule has 1 aromatic heterocycles. The fraction of sp³-hybridized carbons (Fsp3) is 0.600. The van der Waals surface area contributed by atoms with Crippen LogP contribution in [0, 0.1) is 6.92 Å². The maximum Gasteiger partial charge on any atom is 0.150 e. The van der Waals surface area contributed by atoms with Crippen molar-refractivity contribution in [1.29, 1.82) is 0 Å². The molecule has 4 nitrogen and oxygen atoms in total. The zero-order valence-electron chi connectivity index (χ0n) is 14.7. The molecule has 2 fully saturated rings. The number of anilines is 1. The summed E-state index contributed by atoms with van der Waals surface area (Å²) >= 11 is 0. The van der Waals surface area contributed by atoms with Crippen LogP contribution in [0.4, 0.5) is 5.82 Å². The van der Waals surface area contributed by atoms with E-state index >= 15 is 0 Å². The monoisotopic (exact) mass is 324 g/mol. The average Bonchev–Trinajstić information content (AvgIpc) is 2.91. The summed E-state index contributed by atoms with van der Waals surface area (Å²) < 4.78 is 0. The molecule has 0 N–H and O–H groups in total. The second kappa shape index (κ2) is 7.06. The predicted molar refractivity (Wildman–Crippen MR) is 99.6 cm³/mol. The van der Waals surface area contributed by atoms with E-state index in [0.29, 0.717) is 6.04 Å². The molecule has 2 aliphatic rings. The van der Waals surface area contributed by atoms with E-state index in [-0.39, 0.29) is 0 Å². The molecule has 0 saturated carbocycles. The van der Waals surface area contributed by atoms with Gasteiger partial charge in [-0.15, -0.1) is 0 Å². The Morgan fingerprint density at radius 1 is 0.875 bits per heavy atom. The van der Waals surface area contributed by atoms with Gasteiger partial charge in [0.1, 0.15) is 0 Å². The third-order valence-electron chi connectivity index (χ3n) is 5.57. The van der Waals surface area contributed by atoms with Crippen molar-refractivity contribution in [3.05, 3.63) is 30.0 Å². The number of piperidine rings is 1. The van der Waals surface area contributed by atoms with Crippen LogP contribution in [-0.2, 0) is 0 Å². The molecule has 0 radical (unpaired) electrons. The predicted octanol–water partition coefficient (Wildman–Crippen LogP) is 3.78. The number of para-hydroxylation sites is 2. The molecule has 2 aliphatic heterocycles. The van der Waals surface area contributed by atoms with Crippen LogP contribution in [0.15, 0.2) is 24.3 Å². The second-order valence-corrected chi connectivity index (χ2v) is 7.31. The van der Waals surface area contributed by atoms with Crippen LogP contribution in [0.3, 0.4) is 0 Å². The van der Waals surface area contributed by atoms with Crippen LogP contribution in [0.1, 0.15) is 44.2 Å². The zero-order chi connectivity index (χ0) is 16.4. The van der Waals surface area contributed by atoms with E-state index in [1.54, 1.807) is 0 Å². The number of hydrogen-bond acceptors (Lipinski definition) is 4. The van der Waals surface area contributed by atoms with Gasteiger partial charge in [0.2, 0.25) is 0 Å². The van der Waals surface area contributed by atoms with Gasteiger partial charge in [-0.1, -0.05) is 25.0 Å². The van der Waals surface area contributed by atoms with E-state index in [9.17, 15) is 0 Å². The van der Waals surface area contributed by atoms with Crippen molar-refractivity contribution in [3.63, 3.8) is 0 Å². The van der Waals surface area contributed by atoms with Crippen molar-refractivity contribution < 1.29 is 0 Å². The zero-order valence-corrected chi connectivity index (χ0v) is 14.7. The third-order valence-corrected chi connectivity index (χ3v) is 5.57. The summed E-state index contributed by atoms with van der Waals surface area (Å²) in [7, 11) is 0. The first kappa shape index (κ1) is 15.8. The summed E-state index contributed by atoms with van der Waals surface area (Å²) in [6.07, 6.45) is 8.13. The topological polar surface area (TPSA) is 32.3 Å². The molecule has 24 heavy (non-hydrogen) atoms. The lowest BCUT2D eigenvalue weighted by molar-refractivity contribution is 0.181. The lowest BCUT2D eigenvalue weighted by Gasteiger charge is -2.40. The molecule has 0 aliphatic carbocycles. The molecular weight excluding hydrogens is 296 g/mol. The maximum atomic E-state index is 4.94. The smallest absolute Gasteiger partial charge is 0.150 e. The van der Waals surface area contributed by atoms with Gasteiger partial charge in [-0.2, -0.15) is 0 Å². The highest BCUT2D eigenvalue weighted by atomic mass is 15.3. The van der Waals surface area contributed by atoms with Gasteiger partial charge in [-0.25, -0.2) is 9.97 Å². The Morgan fingerprint density at radius 2 is 1.58 bits per heavy atom. The van der Waals surface area contributed by atoms with Gasteiger partial charge in [0.25, 0.3) is 0 Å². The highest BCUT2D eigenvalue weighted by Gasteiger charge is 2.27. The molecule has 128 valence electrons. The van der Waals surface area contributed by atoms with E-state index in [2.05, 4.69) is 28.9 Å². The second-order valence-electron chi connectivity index (χ2n) is 7.31. The summed E-state index contributed by atoms with van der Waals surface area (Å²) in [6.45, 7) is 6.87. The number of hydrogen-bond donors (Lipinski definition) is 0. The fourth-order valence-corrected chi connectivity index (χ4v) is 4.28. The van der Waals surface area contributed by atoms with Crippen molar-refractivity contribution in [2.75, 3.05) is 31.1 Å². The molecular formula is C20H28N4. The van der Waals surface area contributed by atoms with Crippen molar-refractivity contribution in [2.24, 2.45) is 0 Å². The van der Waals surface area contributed by atoms with E-state index in [4.69, 9.17) is 9.97 Å². The standard InChI is InChI=1S/C20H28N4/c1-16-20(22-19-11-5-4-10-18(19)21-16)24-14-8-9-17(15-24)23-12-6-2-3-7-13-23/h4-5,10-11,17H,2-3,6-9,12-15H2,1H3. The van der Waals surface area contributed by atoms with Crippen LogP contribution in [0.2, 0.25) is 0 Å². The quantitative estimate of drug-likeness (QED) is 0.841. The summed E-state index contributed by atoms with van der Waals surface area (Å²) in [5.41, 5.74) is 3.07. The Kier molecular flexibility index (Phi) is 4.65. The summed E-state index contributed by atoms with van der Waals surface area (Å²) in [4.78, 5) is 14.9. The first-order valence-electron chi connectivity index (χ1n) is 9.53. The molecule has 1 atom stereocenters. The number of likely N-dealkylation sites (tertiary alicyclic amines) is 1. The molecule has 1 aromatic carbocycles. The van der Waals surface area contributed by atoms with E-state index in [1.165, 1.54) is 51.6 Å². The normalized spacial score (nSPS) is 23.4. The number of aromatic nitrogens is 2. The molecule has 4 rings (SSSR count). The molecule has 0 spiro atoms. The van der Waals surface area contributed by atoms with Gasteiger partial charge in [0.15, 0.2) is 5.82 Å². The number of aryl methyl sites for hydroxylation is 1. The first-order chi connectivity index (χ1) is 11.8. The molecule has 3 heterocycles. The van der Waals surface area contributed by atoms with Crippen LogP contribution < -0.4 is 4.90 Å². The minimum atomic E-state index is 0.685. The van der Waals surface area contributed by atoms with Crippen molar-refractivity contribution in [2.45, 2.75) is 51.5 Å². The number of fused-ring (bicyclic) bond motifs is 1. The van der Waals surface area contributed by atoms with Gasteiger partial charge >= 0.3 is 0 Å². The van der Waals surface area contributed by atoms with Crippen molar-refractivity contribution >= 4 is 16.9 Å². The minimum absolute atomic E-state index is 0.685. The van der Waals surface area contributed by atoms with Crippen LogP contribution in [0.5, 0.6) is 0 Å². The van der Waals surface area contributed by atoms with Gasteiger partial charge in [-0.3, -0.25) is 4.90 Å². The molecule has 2 aromatic rings. The van der Waals surface area contributed by atoms with E-state index < -0.39 is 0 Å². The number of nitrogens with zero attached hydrogens (tertiary/aromatic N) is 4. The third kappa shape index (κ3) is 3.25. The Morgan fingerprint density at radius 3 is 2.33 bits per heavy atom. The number of benzene rings is 1. The summed E-state index contributed by atoms with van der Waals surface area (Å²) in [5.74, 6) is 1.09. The highest BCUT2D eigenvalue weighted by Crippen LogP contribution is 2.26. The van der Waals surface area contributed by atoms with Gasteiger partial charge in [-0.05, 0) is 57.8 Å². The van der Waals surface area contributed by atoms with Crippen LogP contribution in [-0.4, -0.2) is 47.1 Å². The van der Waals surface area contributed by atoms with Gasteiger partial charge in [0, 0.05) is 19.1 Å². The summed E-state index contributed by atoms with van der Waals surface area (Å²) in [6, 6.07) is 8.89. The Labute approximate surface area is 144 Å². The average molecular weight is 324 g/mol. The van der Waals surface area contributed by atoms with Crippen LogP contribution in [0.25, 0.3) is 11.0 Å². The molecule has 2 saturated heterocycles. The van der Waals surface area contributed by atoms with Crippen molar-refractivity contribution in [1.82, 2.24) is 14.9 Å². The van der Waals surface area contributed by atoms with Crippen LogP contribution >= 0.6 is 0 Å². The van der Waals surface area contributed by atoms with Crippen molar-refractivity contribution in [3.8, 4) is 0 Å². The highest BCUT2D eigenvalue weighted by molar-refractivity contribution is 5.76. The SMILES string of the molecule is Cc1nc2ccccc2nc1N1CCCC(N2CCCCCC2)C1. The Hall–Kier alpha value is -1.68. The fourth-order valence-electron chi connectivity index (χ4n) is 4.28. The lowest BCUT2D eigenvalue weighted by Crippen LogP contribution is -2.48. The van der Waals surface area contributed by atoms with Gasteiger partial charge < -0.3 is 4.90 Å². The Balaban J connectivity index is 1.56. The number of rotatable bonds is 2. The molecule has 0 bridgehead atoms. The molecule has 4 heteroatoms. The van der Waals surface area contributed by atoms with Gasteiger partial charge in [0.05, 0.1) is 16.7 Å². The maximum absolute atomic E-state index is 4.94. The lowest BCUT2D eigenvalue weighted by atomic mass is 10.0. The Bertz CT molecular complexity index is 691. The van der Waals surface area contributed by atoms with E-state index in [1.807, 2.05) is 12.1 Å². The molecule has 1 unspecified atom stereocenters. The summed E-state index contributed by atoms with van der Waals surface area (Å²) in [5, 5.41) is 0. The molecule has 0 amide bonds. The first-order valence-corrected chi connectivity index (χ1v) is 9.53. The minimum Gasteiger partial charge on any atom is -0.354 e. The largest absolute Gasteiger partial charge is 0.354 e.